The second-order valence-electron chi connectivity index (χ2n) is 4.89. The standard InChI is InChI=1S/C17H20O3S/c1-13-6-8-14(9-7-13)15(11-20-18)12-21-17-5-3-4-16(10-17)19-2/h3-10,15,18H,11-12H2,1-2H3. The van der Waals surface area contributed by atoms with Crippen molar-refractivity contribution in [1.29, 1.82) is 0 Å². The molecule has 0 bridgehead atoms. The number of benzene rings is 2. The summed E-state index contributed by atoms with van der Waals surface area (Å²) in [7, 11) is 1.67. The zero-order chi connectivity index (χ0) is 15.1. The van der Waals surface area contributed by atoms with E-state index in [9.17, 15) is 0 Å². The van der Waals surface area contributed by atoms with Crippen molar-refractivity contribution in [1.82, 2.24) is 0 Å². The molecule has 1 unspecified atom stereocenters. The largest absolute Gasteiger partial charge is 0.497 e. The maximum Gasteiger partial charge on any atom is 0.119 e. The summed E-state index contributed by atoms with van der Waals surface area (Å²) in [6.45, 7) is 2.35. The van der Waals surface area contributed by atoms with Crippen molar-refractivity contribution in [2.75, 3.05) is 19.5 Å². The second-order valence-corrected chi connectivity index (χ2v) is 5.99. The molecule has 3 nitrogen and oxygen atoms in total. The molecule has 0 aliphatic carbocycles. The maximum atomic E-state index is 8.80. The van der Waals surface area contributed by atoms with Gasteiger partial charge in [-0.15, -0.1) is 11.8 Å². The van der Waals surface area contributed by atoms with E-state index in [1.165, 1.54) is 11.1 Å². The van der Waals surface area contributed by atoms with E-state index >= 15 is 0 Å². The van der Waals surface area contributed by atoms with Crippen molar-refractivity contribution < 1.29 is 14.9 Å². The highest BCUT2D eigenvalue weighted by Crippen LogP contribution is 2.28. The number of thioether (sulfide) groups is 1. The summed E-state index contributed by atoms with van der Waals surface area (Å²) in [6.07, 6.45) is 0. The molecule has 0 spiro atoms. The first kappa shape index (κ1) is 15.9. The fourth-order valence-corrected chi connectivity index (χ4v) is 3.11. The lowest BCUT2D eigenvalue weighted by molar-refractivity contribution is -0.244. The summed E-state index contributed by atoms with van der Waals surface area (Å²) < 4.78 is 5.23. The normalized spacial score (nSPS) is 12.1. The zero-order valence-corrected chi connectivity index (χ0v) is 13.1. The average Bonchev–Trinajstić information content (AvgIpc) is 2.52. The minimum Gasteiger partial charge on any atom is -0.497 e. The predicted octanol–water partition coefficient (Wildman–Crippen LogP) is 4.37. The predicted molar refractivity (Wildman–Crippen MR) is 86.2 cm³/mol. The lowest BCUT2D eigenvalue weighted by Crippen LogP contribution is -2.09. The van der Waals surface area contributed by atoms with E-state index in [0.717, 1.165) is 16.4 Å². The van der Waals surface area contributed by atoms with Crippen LogP contribution in [0.25, 0.3) is 0 Å². The van der Waals surface area contributed by atoms with Gasteiger partial charge in [-0.25, -0.2) is 4.89 Å². The summed E-state index contributed by atoms with van der Waals surface area (Å²) in [4.78, 5) is 5.53. The Hall–Kier alpha value is -1.49. The van der Waals surface area contributed by atoms with Gasteiger partial charge in [0, 0.05) is 16.6 Å². The molecule has 0 aromatic heterocycles. The third kappa shape index (κ3) is 4.77. The van der Waals surface area contributed by atoms with Gasteiger partial charge in [0.15, 0.2) is 0 Å². The minimum absolute atomic E-state index is 0.145. The molecular formula is C17H20O3S. The summed E-state index contributed by atoms with van der Waals surface area (Å²) in [5.74, 6) is 1.83. The van der Waals surface area contributed by atoms with Gasteiger partial charge >= 0.3 is 0 Å². The number of rotatable bonds is 7. The topological polar surface area (TPSA) is 38.7 Å². The summed E-state index contributed by atoms with van der Waals surface area (Å²) in [5, 5.41) is 8.80. The number of hydrogen-bond acceptors (Lipinski definition) is 4. The van der Waals surface area contributed by atoms with Crippen LogP contribution in [0.2, 0.25) is 0 Å². The highest BCUT2D eigenvalue weighted by Gasteiger charge is 2.13. The van der Waals surface area contributed by atoms with Crippen LogP contribution in [-0.2, 0) is 4.89 Å². The van der Waals surface area contributed by atoms with E-state index in [4.69, 9.17) is 9.99 Å². The molecule has 0 heterocycles. The third-order valence-corrected chi connectivity index (χ3v) is 4.47. The lowest BCUT2D eigenvalue weighted by Gasteiger charge is -2.15. The van der Waals surface area contributed by atoms with Gasteiger partial charge in [0.2, 0.25) is 0 Å². The van der Waals surface area contributed by atoms with Gasteiger partial charge in [-0.2, -0.15) is 0 Å². The van der Waals surface area contributed by atoms with Crippen LogP contribution in [0.3, 0.4) is 0 Å². The number of hydrogen-bond donors (Lipinski definition) is 1. The molecule has 0 fully saturated rings. The van der Waals surface area contributed by atoms with Crippen molar-refractivity contribution in [3.63, 3.8) is 0 Å². The van der Waals surface area contributed by atoms with Crippen molar-refractivity contribution in [3.05, 3.63) is 59.7 Å². The van der Waals surface area contributed by atoms with Gasteiger partial charge in [-0.05, 0) is 30.7 Å². The molecule has 2 rings (SSSR count). The molecule has 0 radical (unpaired) electrons. The van der Waals surface area contributed by atoms with Gasteiger partial charge in [-0.1, -0.05) is 35.9 Å². The Labute approximate surface area is 129 Å². The molecule has 2 aromatic carbocycles. The Kier molecular flexibility index (Phi) is 6.11. The SMILES string of the molecule is COc1cccc(SCC(COO)c2ccc(C)cc2)c1. The molecular weight excluding hydrogens is 284 g/mol. The van der Waals surface area contributed by atoms with Crippen molar-refractivity contribution >= 4 is 11.8 Å². The molecule has 4 heteroatoms. The molecule has 2 aromatic rings. The Bertz CT molecular complexity index is 554. The van der Waals surface area contributed by atoms with Crippen LogP contribution in [0.5, 0.6) is 5.75 Å². The second kappa shape index (κ2) is 8.08. The fourth-order valence-electron chi connectivity index (χ4n) is 2.06. The Morgan fingerprint density at radius 1 is 1.14 bits per heavy atom. The maximum absolute atomic E-state index is 8.80. The van der Waals surface area contributed by atoms with Gasteiger partial charge in [0.1, 0.15) is 5.75 Å². The molecule has 21 heavy (non-hydrogen) atoms. The lowest BCUT2D eigenvalue weighted by atomic mass is 10.0. The van der Waals surface area contributed by atoms with E-state index in [-0.39, 0.29) is 5.92 Å². The molecule has 112 valence electrons. The van der Waals surface area contributed by atoms with Crippen molar-refractivity contribution in [2.24, 2.45) is 0 Å². The van der Waals surface area contributed by atoms with Gasteiger partial charge < -0.3 is 4.74 Å². The number of methoxy groups -OCH3 is 1. The van der Waals surface area contributed by atoms with Crippen LogP contribution in [-0.4, -0.2) is 24.7 Å². The van der Waals surface area contributed by atoms with Crippen LogP contribution in [0.15, 0.2) is 53.4 Å². The van der Waals surface area contributed by atoms with E-state index in [2.05, 4.69) is 42.1 Å². The van der Waals surface area contributed by atoms with Gasteiger partial charge in [0.05, 0.1) is 13.7 Å². The van der Waals surface area contributed by atoms with E-state index in [0.29, 0.717) is 6.61 Å². The quantitative estimate of drug-likeness (QED) is 0.468. The summed E-state index contributed by atoms with van der Waals surface area (Å²) >= 11 is 1.73. The first-order valence-electron chi connectivity index (χ1n) is 6.82. The zero-order valence-electron chi connectivity index (χ0n) is 12.3. The highest BCUT2D eigenvalue weighted by atomic mass is 32.2. The Morgan fingerprint density at radius 2 is 1.90 bits per heavy atom. The Morgan fingerprint density at radius 3 is 2.57 bits per heavy atom. The first-order chi connectivity index (χ1) is 10.2. The van der Waals surface area contributed by atoms with Crippen LogP contribution in [0.1, 0.15) is 17.0 Å². The number of ether oxygens (including phenoxy) is 1. The molecule has 0 amide bonds. The van der Waals surface area contributed by atoms with E-state index in [1.807, 2.05) is 18.2 Å². The molecule has 1 N–H and O–H groups in total. The van der Waals surface area contributed by atoms with Crippen LogP contribution >= 0.6 is 11.8 Å². The average molecular weight is 304 g/mol. The Balaban J connectivity index is 2.04. The van der Waals surface area contributed by atoms with Crippen LogP contribution in [0, 0.1) is 6.92 Å². The number of aryl methyl sites for hydroxylation is 1. The van der Waals surface area contributed by atoms with Crippen LogP contribution < -0.4 is 4.74 Å². The monoisotopic (exact) mass is 304 g/mol. The third-order valence-electron chi connectivity index (χ3n) is 3.32. The van der Waals surface area contributed by atoms with Gasteiger partial charge in [-0.3, -0.25) is 5.26 Å². The van der Waals surface area contributed by atoms with Crippen LogP contribution in [0.4, 0.5) is 0 Å². The molecule has 0 saturated heterocycles. The summed E-state index contributed by atoms with van der Waals surface area (Å²) in [5.41, 5.74) is 2.40. The van der Waals surface area contributed by atoms with Gasteiger partial charge in [0.25, 0.3) is 0 Å². The molecule has 0 aliphatic heterocycles. The van der Waals surface area contributed by atoms with E-state index < -0.39 is 0 Å². The highest BCUT2D eigenvalue weighted by molar-refractivity contribution is 7.99. The molecule has 0 aliphatic rings. The molecule has 0 saturated carbocycles. The van der Waals surface area contributed by atoms with E-state index in [1.54, 1.807) is 18.9 Å². The first-order valence-corrected chi connectivity index (χ1v) is 7.81. The smallest absolute Gasteiger partial charge is 0.119 e. The van der Waals surface area contributed by atoms with Crippen molar-refractivity contribution in [2.45, 2.75) is 17.7 Å². The van der Waals surface area contributed by atoms with Crippen molar-refractivity contribution in [3.8, 4) is 5.75 Å². The fraction of sp³-hybridized carbons (Fsp3) is 0.294. The molecule has 1 atom stereocenters. The minimum atomic E-state index is 0.145. The summed E-state index contributed by atoms with van der Waals surface area (Å²) in [6, 6.07) is 16.3.